The quantitative estimate of drug-likeness (QED) is 0.283. The van der Waals surface area contributed by atoms with Gasteiger partial charge in [-0.2, -0.15) is 4.98 Å². The Hall–Kier alpha value is -2.12. The van der Waals surface area contributed by atoms with Crippen LogP contribution in [0.25, 0.3) is 0 Å². The van der Waals surface area contributed by atoms with Crippen LogP contribution in [-0.2, 0) is 11.3 Å². The Morgan fingerprint density at radius 1 is 1.71 bits per heavy atom. The summed E-state index contributed by atoms with van der Waals surface area (Å²) >= 11 is 0. The number of nitrogens with zero attached hydrogens (tertiary/aromatic N) is 3. The fourth-order valence-corrected chi connectivity index (χ4v) is 1.30. The summed E-state index contributed by atoms with van der Waals surface area (Å²) in [6.07, 6.45) is 0.437. The Kier molecular flexibility index (Phi) is 4.44. The number of rotatable bonds is 5. The molecule has 1 aromatic rings. The molecule has 0 aliphatic heterocycles. The topological polar surface area (TPSA) is 127 Å². The smallest absolute Gasteiger partial charge is 0.231 e. The monoisotopic (exact) mass is 241 g/mol. The molecule has 1 aromatic heterocycles. The van der Waals surface area contributed by atoms with Crippen LogP contribution in [0.3, 0.4) is 0 Å². The lowest BCUT2D eigenvalue weighted by Crippen LogP contribution is -2.38. The first-order valence-electron chi connectivity index (χ1n) is 5.12. The average Bonchev–Trinajstić information content (AvgIpc) is 2.73. The van der Waals surface area contributed by atoms with Crippen molar-refractivity contribution in [3.63, 3.8) is 0 Å². The van der Waals surface area contributed by atoms with E-state index in [2.05, 4.69) is 20.6 Å². The molecule has 8 nitrogen and oxygen atoms in total. The Labute approximate surface area is 97.9 Å². The highest BCUT2D eigenvalue weighted by Gasteiger charge is 2.21. The molecule has 0 aromatic carbocycles. The maximum atomic E-state index is 11.7. The Morgan fingerprint density at radius 3 is 2.88 bits per heavy atom. The standard InChI is InChI=1S/C9H15N5O3/c1-3-6(8(10)13-16)9(15)11-4-7-12-5(2)17-14-7/h6,16H,3-4H2,1-2H3,(H2,10,13)(H,11,15). The number of amidine groups is 1. The van der Waals surface area contributed by atoms with E-state index in [0.717, 1.165) is 0 Å². The first kappa shape index (κ1) is 12.9. The highest BCUT2D eigenvalue weighted by molar-refractivity contribution is 6.01. The molecule has 8 heteroatoms. The summed E-state index contributed by atoms with van der Waals surface area (Å²) in [5.74, 6) is -0.310. The van der Waals surface area contributed by atoms with Crippen molar-refractivity contribution in [2.45, 2.75) is 26.8 Å². The van der Waals surface area contributed by atoms with E-state index in [0.29, 0.717) is 18.1 Å². The third-order valence-corrected chi connectivity index (χ3v) is 2.19. The zero-order chi connectivity index (χ0) is 12.8. The molecule has 0 radical (unpaired) electrons. The van der Waals surface area contributed by atoms with Crippen molar-refractivity contribution < 1.29 is 14.5 Å². The van der Waals surface area contributed by atoms with Crippen LogP contribution < -0.4 is 11.1 Å². The van der Waals surface area contributed by atoms with Gasteiger partial charge in [0.05, 0.1) is 12.5 Å². The van der Waals surface area contributed by atoms with Crippen LogP contribution in [0.15, 0.2) is 9.68 Å². The normalized spacial score (nSPS) is 13.4. The maximum Gasteiger partial charge on any atom is 0.231 e. The van der Waals surface area contributed by atoms with E-state index >= 15 is 0 Å². The summed E-state index contributed by atoms with van der Waals surface area (Å²) in [5, 5.41) is 17.5. The van der Waals surface area contributed by atoms with Crippen molar-refractivity contribution in [3.8, 4) is 0 Å². The second-order valence-corrected chi connectivity index (χ2v) is 3.43. The molecule has 0 bridgehead atoms. The molecule has 0 fully saturated rings. The van der Waals surface area contributed by atoms with Crippen LogP contribution in [0.2, 0.25) is 0 Å². The lowest BCUT2D eigenvalue weighted by molar-refractivity contribution is -0.123. The summed E-state index contributed by atoms with van der Waals surface area (Å²) in [7, 11) is 0. The number of aryl methyl sites for hydroxylation is 1. The number of aromatic nitrogens is 2. The number of hydrogen-bond acceptors (Lipinski definition) is 6. The van der Waals surface area contributed by atoms with Crippen LogP contribution in [0.4, 0.5) is 0 Å². The van der Waals surface area contributed by atoms with Crippen LogP contribution in [-0.4, -0.2) is 27.1 Å². The van der Waals surface area contributed by atoms with Gasteiger partial charge in [-0.3, -0.25) is 4.79 Å². The lowest BCUT2D eigenvalue weighted by atomic mass is 10.1. The summed E-state index contributed by atoms with van der Waals surface area (Å²) in [4.78, 5) is 15.6. The third-order valence-electron chi connectivity index (χ3n) is 2.19. The number of nitrogens with two attached hydrogens (primary N) is 1. The third kappa shape index (κ3) is 3.44. The fraction of sp³-hybridized carbons (Fsp3) is 0.556. The first-order chi connectivity index (χ1) is 8.08. The Balaban J connectivity index is 2.54. The molecular weight excluding hydrogens is 226 g/mol. The van der Waals surface area contributed by atoms with Gasteiger partial charge in [-0.15, -0.1) is 0 Å². The molecule has 0 aliphatic rings. The van der Waals surface area contributed by atoms with E-state index in [-0.39, 0.29) is 18.3 Å². The molecule has 0 saturated carbocycles. The van der Waals surface area contributed by atoms with Crippen molar-refractivity contribution in [3.05, 3.63) is 11.7 Å². The number of carbonyl (C=O) groups is 1. The highest BCUT2D eigenvalue weighted by Crippen LogP contribution is 2.03. The minimum absolute atomic E-state index is 0.116. The minimum Gasteiger partial charge on any atom is -0.409 e. The molecule has 1 amide bonds. The van der Waals surface area contributed by atoms with Gasteiger partial charge < -0.3 is 20.8 Å². The second kappa shape index (κ2) is 5.83. The van der Waals surface area contributed by atoms with E-state index in [9.17, 15) is 4.79 Å². The minimum atomic E-state index is -0.659. The van der Waals surface area contributed by atoms with E-state index in [4.69, 9.17) is 15.5 Å². The van der Waals surface area contributed by atoms with E-state index < -0.39 is 5.92 Å². The summed E-state index contributed by atoms with van der Waals surface area (Å²) < 4.78 is 4.75. The summed E-state index contributed by atoms with van der Waals surface area (Å²) in [5.41, 5.74) is 5.39. The van der Waals surface area contributed by atoms with Gasteiger partial charge in [-0.05, 0) is 6.42 Å². The number of oxime groups is 1. The Bertz CT molecular complexity index is 415. The van der Waals surface area contributed by atoms with Crippen LogP contribution in [0.5, 0.6) is 0 Å². The van der Waals surface area contributed by atoms with Gasteiger partial charge in [-0.1, -0.05) is 17.2 Å². The number of amides is 1. The van der Waals surface area contributed by atoms with Crippen molar-refractivity contribution in [1.29, 1.82) is 0 Å². The molecule has 1 unspecified atom stereocenters. The zero-order valence-electron chi connectivity index (χ0n) is 9.67. The van der Waals surface area contributed by atoms with Gasteiger partial charge in [0.25, 0.3) is 0 Å². The van der Waals surface area contributed by atoms with Crippen molar-refractivity contribution >= 4 is 11.7 Å². The molecule has 94 valence electrons. The van der Waals surface area contributed by atoms with Gasteiger partial charge in [-0.25, -0.2) is 0 Å². The molecule has 0 spiro atoms. The maximum absolute atomic E-state index is 11.7. The predicted molar refractivity (Wildman–Crippen MR) is 58.1 cm³/mol. The molecule has 1 heterocycles. The first-order valence-corrected chi connectivity index (χ1v) is 5.12. The van der Waals surface area contributed by atoms with Crippen LogP contribution >= 0.6 is 0 Å². The molecule has 1 rings (SSSR count). The van der Waals surface area contributed by atoms with Gasteiger partial charge in [0.1, 0.15) is 0 Å². The number of carbonyl (C=O) groups excluding carboxylic acids is 1. The van der Waals surface area contributed by atoms with Gasteiger partial charge in [0.15, 0.2) is 11.7 Å². The van der Waals surface area contributed by atoms with Crippen LogP contribution in [0, 0.1) is 12.8 Å². The van der Waals surface area contributed by atoms with Crippen LogP contribution in [0.1, 0.15) is 25.1 Å². The molecule has 0 aliphatic carbocycles. The van der Waals surface area contributed by atoms with E-state index in [1.165, 1.54) is 0 Å². The molecular formula is C9H15N5O3. The van der Waals surface area contributed by atoms with Gasteiger partial charge >= 0.3 is 0 Å². The van der Waals surface area contributed by atoms with Crippen molar-refractivity contribution in [2.75, 3.05) is 0 Å². The molecule has 4 N–H and O–H groups in total. The van der Waals surface area contributed by atoms with Crippen molar-refractivity contribution in [1.82, 2.24) is 15.5 Å². The predicted octanol–water partition coefficient (Wildman–Crippen LogP) is -0.233. The van der Waals surface area contributed by atoms with Gasteiger partial charge in [0.2, 0.25) is 11.8 Å². The fourth-order valence-electron chi connectivity index (χ4n) is 1.30. The number of nitrogens with one attached hydrogen (secondary N) is 1. The SMILES string of the molecule is CCC(C(=O)NCc1noc(C)n1)C(N)=NO. The number of hydrogen-bond donors (Lipinski definition) is 3. The van der Waals surface area contributed by atoms with E-state index in [1.807, 2.05) is 0 Å². The zero-order valence-corrected chi connectivity index (χ0v) is 9.67. The van der Waals surface area contributed by atoms with E-state index in [1.54, 1.807) is 13.8 Å². The summed E-state index contributed by atoms with van der Waals surface area (Å²) in [6, 6.07) is 0. The lowest BCUT2D eigenvalue weighted by Gasteiger charge is -2.12. The second-order valence-electron chi connectivity index (χ2n) is 3.43. The highest BCUT2D eigenvalue weighted by atomic mass is 16.5. The van der Waals surface area contributed by atoms with Gasteiger partial charge in [0, 0.05) is 6.92 Å². The molecule has 1 atom stereocenters. The Morgan fingerprint density at radius 2 is 2.41 bits per heavy atom. The average molecular weight is 241 g/mol. The van der Waals surface area contributed by atoms with Crippen molar-refractivity contribution in [2.24, 2.45) is 16.8 Å². The summed E-state index contributed by atoms with van der Waals surface area (Å²) in [6.45, 7) is 3.57. The molecule has 0 saturated heterocycles. The largest absolute Gasteiger partial charge is 0.409 e. The molecule has 17 heavy (non-hydrogen) atoms.